The monoisotopic (exact) mass is 518 g/mol. The Morgan fingerprint density at radius 2 is 1.39 bits per heavy atom. The highest BCUT2D eigenvalue weighted by atomic mass is 19.1. The van der Waals surface area contributed by atoms with Gasteiger partial charge in [-0.3, -0.25) is 14.4 Å². The zero-order valence-corrected chi connectivity index (χ0v) is 20.8. The largest absolute Gasteiger partial charge is 0.367 e. The van der Waals surface area contributed by atoms with Crippen molar-refractivity contribution >= 4 is 29.1 Å². The smallest absolute Gasteiger partial charge is 0.258 e. The Morgan fingerprint density at radius 3 is 2.11 bits per heavy atom. The molecule has 9 heteroatoms. The molecule has 7 nitrogen and oxygen atoms in total. The van der Waals surface area contributed by atoms with Crippen molar-refractivity contribution in [3.05, 3.63) is 95.1 Å². The zero-order chi connectivity index (χ0) is 26.6. The summed E-state index contributed by atoms with van der Waals surface area (Å²) in [7, 11) is 0. The molecule has 0 spiro atoms. The molecule has 2 heterocycles. The summed E-state index contributed by atoms with van der Waals surface area (Å²) in [5, 5.41) is 2.71. The first kappa shape index (κ1) is 25.4. The summed E-state index contributed by atoms with van der Waals surface area (Å²) >= 11 is 0. The zero-order valence-electron chi connectivity index (χ0n) is 20.8. The van der Waals surface area contributed by atoms with E-state index in [9.17, 15) is 23.2 Å². The van der Waals surface area contributed by atoms with Crippen LogP contribution in [0, 0.1) is 11.6 Å². The second-order valence-electron chi connectivity index (χ2n) is 9.45. The van der Waals surface area contributed by atoms with E-state index in [1.807, 2.05) is 4.90 Å². The molecular formula is C29H28F2N4O3. The highest BCUT2D eigenvalue weighted by molar-refractivity contribution is 6.06. The molecule has 0 aromatic heterocycles. The van der Waals surface area contributed by atoms with E-state index in [2.05, 4.69) is 5.32 Å². The molecular weight excluding hydrogens is 490 g/mol. The summed E-state index contributed by atoms with van der Waals surface area (Å²) in [6, 6.07) is 16.5. The predicted molar refractivity (Wildman–Crippen MR) is 140 cm³/mol. The molecule has 2 fully saturated rings. The van der Waals surface area contributed by atoms with Crippen LogP contribution in [0.2, 0.25) is 0 Å². The van der Waals surface area contributed by atoms with Gasteiger partial charge in [0.1, 0.15) is 11.6 Å². The van der Waals surface area contributed by atoms with Crippen molar-refractivity contribution in [3.8, 4) is 0 Å². The number of carbonyl (C=O) groups is 3. The van der Waals surface area contributed by atoms with Crippen molar-refractivity contribution in [2.24, 2.45) is 0 Å². The average molecular weight is 519 g/mol. The lowest BCUT2D eigenvalue weighted by Gasteiger charge is -2.37. The summed E-state index contributed by atoms with van der Waals surface area (Å²) in [6.45, 7) is 3.14. The average Bonchev–Trinajstić information content (AvgIpc) is 3.48. The summed E-state index contributed by atoms with van der Waals surface area (Å²) in [4.78, 5) is 44.5. The lowest BCUT2D eigenvalue weighted by molar-refractivity contribution is 0.0742. The first-order chi connectivity index (χ1) is 18.4. The van der Waals surface area contributed by atoms with E-state index in [1.165, 1.54) is 36.4 Å². The molecule has 5 rings (SSSR count). The minimum Gasteiger partial charge on any atom is -0.367 e. The van der Waals surface area contributed by atoms with Crippen LogP contribution in [0.15, 0.2) is 66.7 Å². The van der Waals surface area contributed by atoms with Crippen LogP contribution in [0.1, 0.15) is 43.9 Å². The van der Waals surface area contributed by atoms with E-state index in [0.717, 1.165) is 12.8 Å². The molecule has 1 N–H and O–H groups in total. The molecule has 0 atom stereocenters. The fourth-order valence-electron chi connectivity index (χ4n) is 4.95. The summed E-state index contributed by atoms with van der Waals surface area (Å²) in [5.41, 5.74) is 1.78. The van der Waals surface area contributed by atoms with Crippen LogP contribution in [0.3, 0.4) is 0 Å². The van der Waals surface area contributed by atoms with Crippen molar-refractivity contribution in [2.75, 3.05) is 49.5 Å². The van der Waals surface area contributed by atoms with E-state index >= 15 is 0 Å². The van der Waals surface area contributed by atoms with Crippen LogP contribution in [-0.2, 0) is 0 Å². The van der Waals surface area contributed by atoms with E-state index in [1.54, 1.807) is 40.1 Å². The summed E-state index contributed by atoms with van der Waals surface area (Å²) in [5.74, 6) is -2.04. The summed E-state index contributed by atoms with van der Waals surface area (Å²) in [6.07, 6.45) is 1.87. The van der Waals surface area contributed by atoms with Gasteiger partial charge in [-0.15, -0.1) is 0 Å². The molecule has 3 amide bonds. The van der Waals surface area contributed by atoms with Crippen LogP contribution < -0.4 is 10.2 Å². The Labute approximate surface area is 219 Å². The maximum absolute atomic E-state index is 14.1. The number of hydrogen-bond donors (Lipinski definition) is 1. The third-order valence-corrected chi connectivity index (χ3v) is 6.98. The van der Waals surface area contributed by atoms with Crippen LogP contribution >= 0.6 is 0 Å². The van der Waals surface area contributed by atoms with Gasteiger partial charge in [0.25, 0.3) is 17.7 Å². The maximum atomic E-state index is 14.1. The van der Waals surface area contributed by atoms with Crippen molar-refractivity contribution < 1.29 is 23.2 Å². The fourth-order valence-corrected chi connectivity index (χ4v) is 4.95. The van der Waals surface area contributed by atoms with Crippen molar-refractivity contribution in [3.63, 3.8) is 0 Å². The number of anilines is 2. The molecule has 0 bridgehead atoms. The number of carbonyl (C=O) groups excluding carboxylic acids is 3. The van der Waals surface area contributed by atoms with Gasteiger partial charge < -0.3 is 20.0 Å². The molecule has 3 aromatic rings. The highest BCUT2D eigenvalue weighted by Gasteiger charge is 2.28. The molecule has 196 valence electrons. The second-order valence-corrected chi connectivity index (χ2v) is 9.45. The maximum Gasteiger partial charge on any atom is 0.258 e. The Balaban J connectivity index is 1.36. The van der Waals surface area contributed by atoms with Gasteiger partial charge in [0.2, 0.25) is 0 Å². The minimum absolute atomic E-state index is 0.0805. The number of halogens is 2. The third kappa shape index (κ3) is 5.37. The molecule has 0 radical (unpaired) electrons. The van der Waals surface area contributed by atoms with Gasteiger partial charge in [-0.1, -0.05) is 18.2 Å². The standard InChI is InChI=1S/C29H28F2N4O3/c30-21-7-5-6-20(18-21)28(37)35-16-14-33(15-17-35)26-11-10-22(19-24(26)29(38)34-12-3-4-13-34)32-27(36)23-8-1-2-9-25(23)31/h1-2,5-11,18-19H,3-4,12-17H2,(H,32,36). The van der Waals surface area contributed by atoms with Gasteiger partial charge in [-0.25, -0.2) is 8.78 Å². The highest BCUT2D eigenvalue weighted by Crippen LogP contribution is 2.29. The Morgan fingerprint density at radius 1 is 0.684 bits per heavy atom. The SMILES string of the molecule is O=C(Nc1ccc(N2CCN(C(=O)c3cccc(F)c3)CC2)c(C(=O)N2CCCC2)c1)c1ccccc1F. The van der Waals surface area contributed by atoms with Crippen LogP contribution in [-0.4, -0.2) is 66.8 Å². The Bertz CT molecular complexity index is 1370. The topological polar surface area (TPSA) is 73.0 Å². The molecule has 2 saturated heterocycles. The molecule has 0 aliphatic carbocycles. The molecule has 0 saturated carbocycles. The number of amides is 3. The Kier molecular flexibility index (Phi) is 7.35. The van der Waals surface area contributed by atoms with E-state index < -0.39 is 17.5 Å². The van der Waals surface area contributed by atoms with Crippen LogP contribution in [0.25, 0.3) is 0 Å². The minimum atomic E-state index is -0.624. The quantitative estimate of drug-likeness (QED) is 0.543. The Hall–Kier alpha value is -4.27. The molecule has 2 aliphatic heterocycles. The number of benzene rings is 3. The number of nitrogens with one attached hydrogen (secondary N) is 1. The normalized spacial score (nSPS) is 15.5. The molecule has 38 heavy (non-hydrogen) atoms. The molecule has 3 aromatic carbocycles. The van der Waals surface area contributed by atoms with E-state index in [-0.39, 0.29) is 17.4 Å². The van der Waals surface area contributed by atoms with Crippen LogP contribution in [0.5, 0.6) is 0 Å². The first-order valence-corrected chi connectivity index (χ1v) is 12.7. The van der Waals surface area contributed by atoms with Gasteiger partial charge >= 0.3 is 0 Å². The van der Waals surface area contributed by atoms with E-state index in [4.69, 9.17) is 0 Å². The van der Waals surface area contributed by atoms with Gasteiger partial charge in [0.05, 0.1) is 11.1 Å². The summed E-state index contributed by atoms with van der Waals surface area (Å²) < 4.78 is 27.7. The lowest BCUT2D eigenvalue weighted by Crippen LogP contribution is -2.49. The van der Waals surface area contributed by atoms with Crippen molar-refractivity contribution in [1.29, 1.82) is 0 Å². The van der Waals surface area contributed by atoms with Gasteiger partial charge in [0, 0.05) is 56.2 Å². The fraction of sp³-hybridized carbons (Fsp3) is 0.276. The number of piperazine rings is 1. The number of hydrogen-bond acceptors (Lipinski definition) is 4. The van der Waals surface area contributed by atoms with Crippen molar-refractivity contribution in [1.82, 2.24) is 9.80 Å². The number of rotatable bonds is 5. The van der Waals surface area contributed by atoms with Crippen molar-refractivity contribution in [2.45, 2.75) is 12.8 Å². The lowest BCUT2D eigenvalue weighted by atomic mass is 10.1. The predicted octanol–water partition coefficient (Wildman–Crippen LogP) is 4.42. The molecule has 2 aliphatic rings. The van der Waals surface area contributed by atoms with Gasteiger partial charge in [-0.2, -0.15) is 0 Å². The van der Waals surface area contributed by atoms with Crippen LogP contribution in [0.4, 0.5) is 20.2 Å². The van der Waals surface area contributed by atoms with Gasteiger partial charge in [-0.05, 0) is 61.4 Å². The number of nitrogens with zero attached hydrogens (tertiary/aromatic N) is 3. The van der Waals surface area contributed by atoms with Gasteiger partial charge in [0.15, 0.2) is 0 Å². The molecule has 0 unspecified atom stereocenters. The number of likely N-dealkylation sites (tertiary alicyclic amines) is 1. The third-order valence-electron chi connectivity index (χ3n) is 6.98. The first-order valence-electron chi connectivity index (χ1n) is 12.7. The second kappa shape index (κ2) is 11.0. The van der Waals surface area contributed by atoms with E-state index in [0.29, 0.717) is 61.8 Å².